The summed E-state index contributed by atoms with van der Waals surface area (Å²) >= 11 is 5.93. The lowest BCUT2D eigenvalue weighted by Crippen LogP contribution is -2.47. The number of benzene rings is 1. The van der Waals surface area contributed by atoms with Gasteiger partial charge in [0.05, 0.1) is 25.9 Å². The lowest BCUT2D eigenvalue weighted by Gasteiger charge is -2.36. The summed E-state index contributed by atoms with van der Waals surface area (Å²) in [7, 11) is 0. The second-order valence-electron chi connectivity index (χ2n) is 3.58. The number of anilines is 1. The zero-order valence-corrected chi connectivity index (χ0v) is 9.15. The first-order valence-electron chi connectivity index (χ1n) is 5.02. The van der Waals surface area contributed by atoms with Crippen LogP contribution in [0, 0.1) is 0 Å². The fraction of sp³-hybridized carbons (Fsp3) is 0.455. The Hall–Kier alpha value is -0.770. The van der Waals surface area contributed by atoms with Gasteiger partial charge in [-0.3, -0.25) is 0 Å². The molecule has 1 aromatic rings. The van der Waals surface area contributed by atoms with Gasteiger partial charge in [-0.25, -0.2) is 0 Å². The number of aliphatic hydroxyl groups excluding tert-OH is 1. The van der Waals surface area contributed by atoms with Gasteiger partial charge in [0.1, 0.15) is 0 Å². The maximum atomic E-state index is 9.24. The lowest BCUT2D eigenvalue weighted by atomic mass is 10.2. The highest BCUT2D eigenvalue weighted by Crippen LogP contribution is 2.22. The van der Waals surface area contributed by atoms with Crippen LogP contribution in [0.5, 0.6) is 0 Å². The number of hydrogen-bond donors (Lipinski definition) is 1. The van der Waals surface area contributed by atoms with Gasteiger partial charge in [-0.15, -0.1) is 0 Å². The third-order valence-electron chi connectivity index (χ3n) is 2.58. The Labute approximate surface area is 94.2 Å². The minimum atomic E-state index is 0.0391. The van der Waals surface area contributed by atoms with E-state index in [0.29, 0.717) is 13.2 Å². The molecule has 15 heavy (non-hydrogen) atoms. The summed E-state index contributed by atoms with van der Waals surface area (Å²) in [5.41, 5.74) is 1.05. The van der Waals surface area contributed by atoms with Gasteiger partial charge in [0.2, 0.25) is 0 Å². The van der Waals surface area contributed by atoms with Crippen molar-refractivity contribution in [3.05, 3.63) is 29.3 Å². The number of ether oxygens (including phenoxy) is 1. The number of nitrogens with zero attached hydrogens (tertiary/aromatic N) is 1. The Kier molecular flexibility index (Phi) is 3.46. The van der Waals surface area contributed by atoms with E-state index in [4.69, 9.17) is 16.3 Å². The second kappa shape index (κ2) is 4.84. The monoisotopic (exact) mass is 227 g/mol. The maximum absolute atomic E-state index is 9.24. The van der Waals surface area contributed by atoms with E-state index in [0.717, 1.165) is 17.3 Å². The van der Waals surface area contributed by atoms with Crippen LogP contribution >= 0.6 is 11.6 Å². The van der Waals surface area contributed by atoms with Crippen LogP contribution in [0.15, 0.2) is 24.3 Å². The van der Waals surface area contributed by atoms with Crippen LogP contribution < -0.4 is 4.90 Å². The largest absolute Gasteiger partial charge is 0.394 e. The Morgan fingerprint density at radius 2 is 2.40 bits per heavy atom. The third-order valence-corrected chi connectivity index (χ3v) is 2.81. The molecule has 4 heteroatoms. The van der Waals surface area contributed by atoms with E-state index >= 15 is 0 Å². The molecule has 2 rings (SSSR count). The molecule has 0 aromatic heterocycles. The summed E-state index contributed by atoms with van der Waals surface area (Å²) in [4.78, 5) is 2.13. The molecule has 1 aliphatic rings. The number of morpholine rings is 1. The van der Waals surface area contributed by atoms with Gasteiger partial charge in [0.15, 0.2) is 0 Å². The maximum Gasteiger partial charge on any atom is 0.0755 e. The van der Waals surface area contributed by atoms with E-state index in [1.165, 1.54) is 0 Å². The Morgan fingerprint density at radius 3 is 3.13 bits per heavy atom. The molecule has 0 spiro atoms. The summed E-state index contributed by atoms with van der Waals surface area (Å²) in [6, 6.07) is 7.72. The fourth-order valence-electron chi connectivity index (χ4n) is 1.80. The van der Waals surface area contributed by atoms with E-state index in [1.807, 2.05) is 24.3 Å². The Balaban J connectivity index is 2.20. The normalized spacial score (nSPS) is 21.7. The van der Waals surface area contributed by atoms with Crippen molar-refractivity contribution >= 4 is 17.3 Å². The van der Waals surface area contributed by atoms with Gasteiger partial charge in [0.25, 0.3) is 0 Å². The van der Waals surface area contributed by atoms with Crippen molar-refractivity contribution in [3.8, 4) is 0 Å². The molecule has 0 radical (unpaired) electrons. The first kappa shape index (κ1) is 10.7. The topological polar surface area (TPSA) is 32.7 Å². The first-order valence-corrected chi connectivity index (χ1v) is 5.40. The number of hydrogen-bond acceptors (Lipinski definition) is 3. The van der Waals surface area contributed by atoms with E-state index < -0.39 is 0 Å². The molecule has 0 bridgehead atoms. The molecule has 3 nitrogen and oxygen atoms in total. The van der Waals surface area contributed by atoms with Crippen molar-refractivity contribution in [1.82, 2.24) is 0 Å². The highest BCUT2D eigenvalue weighted by molar-refractivity contribution is 6.30. The van der Waals surface area contributed by atoms with Crippen molar-refractivity contribution in [2.24, 2.45) is 0 Å². The smallest absolute Gasteiger partial charge is 0.0755 e. The predicted molar refractivity (Wildman–Crippen MR) is 60.5 cm³/mol. The molecule has 0 aliphatic carbocycles. The van der Waals surface area contributed by atoms with Crippen molar-refractivity contribution in [3.63, 3.8) is 0 Å². The van der Waals surface area contributed by atoms with Crippen LogP contribution in [0.1, 0.15) is 0 Å². The zero-order chi connectivity index (χ0) is 10.7. The van der Waals surface area contributed by atoms with Gasteiger partial charge >= 0.3 is 0 Å². The molecule has 0 amide bonds. The zero-order valence-electron chi connectivity index (χ0n) is 8.40. The van der Waals surface area contributed by atoms with Gasteiger partial charge in [0, 0.05) is 17.3 Å². The quantitative estimate of drug-likeness (QED) is 0.832. The van der Waals surface area contributed by atoms with Crippen LogP contribution in [-0.2, 0) is 4.74 Å². The lowest BCUT2D eigenvalue weighted by molar-refractivity contribution is 0.0727. The fourth-order valence-corrected chi connectivity index (χ4v) is 1.99. The minimum absolute atomic E-state index is 0.0391. The highest BCUT2D eigenvalue weighted by Gasteiger charge is 2.22. The molecular weight excluding hydrogens is 214 g/mol. The SMILES string of the molecule is OCC1COCCN1c1cccc(Cl)c1. The predicted octanol–water partition coefficient (Wildman–Crippen LogP) is 1.54. The molecule has 1 saturated heterocycles. The van der Waals surface area contributed by atoms with Gasteiger partial charge in [-0.2, -0.15) is 0 Å². The molecular formula is C11H14ClNO2. The van der Waals surface area contributed by atoms with Crippen LogP contribution in [0.2, 0.25) is 5.02 Å². The molecule has 82 valence electrons. The summed E-state index contributed by atoms with van der Waals surface area (Å²) < 4.78 is 5.32. The minimum Gasteiger partial charge on any atom is -0.394 e. The van der Waals surface area contributed by atoms with Crippen LogP contribution in [0.4, 0.5) is 5.69 Å². The van der Waals surface area contributed by atoms with Gasteiger partial charge in [-0.1, -0.05) is 17.7 Å². The number of rotatable bonds is 2. The Bertz CT molecular complexity index is 332. The molecule has 1 unspecified atom stereocenters. The standard InChI is InChI=1S/C11H14ClNO2/c12-9-2-1-3-10(6-9)13-4-5-15-8-11(13)7-14/h1-3,6,11,14H,4-5,7-8H2. The van der Waals surface area contributed by atoms with Gasteiger partial charge < -0.3 is 14.7 Å². The van der Waals surface area contributed by atoms with Crippen molar-refractivity contribution < 1.29 is 9.84 Å². The summed E-state index contributed by atoms with van der Waals surface area (Å²) in [5.74, 6) is 0. The second-order valence-corrected chi connectivity index (χ2v) is 4.02. The van der Waals surface area contributed by atoms with E-state index in [1.54, 1.807) is 0 Å². The molecule has 1 atom stereocenters. The molecule has 1 aromatic carbocycles. The molecule has 1 heterocycles. The summed E-state index contributed by atoms with van der Waals surface area (Å²) in [6.07, 6.45) is 0. The van der Waals surface area contributed by atoms with E-state index in [2.05, 4.69) is 4.90 Å². The van der Waals surface area contributed by atoms with Crippen molar-refractivity contribution in [1.29, 1.82) is 0 Å². The summed E-state index contributed by atoms with van der Waals surface area (Å²) in [5, 5.41) is 9.96. The van der Waals surface area contributed by atoms with Crippen LogP contribution in [0.25, 0.3) is 0 Å². The third kappa shape index (κ3) is 2.43. The van der Waals surface area contributed by atoms with Crippen LogP contribution in [-0.4, -0.2) is 37.5 Å². The average molecular weight is 228 g/mol. The van der Waals surface area contributed by atoms with Crippen LogP contribution in [0.3, 0.4) is 0 Å². The van der Waals surface area contributed by atoms with E-state index in [-0.39, 0.29) is 12.6 Å². The number of aliphatic hydroxyl groups is 1. The van der Waals surface area contributed by atoms with Crippen molar-refractivity contribution in [2.75, 3.05) is 31.3 Å². The molecule has 1 N–H and O–H groups in total. The first-order chi connectivity index (χ1) is 7.31. The van der Waals surface area contributed by atoms with Gasteiger partial charge in [-0.05, 0) is 18.2 Å². The highest BCUT2D eigenvalue weighted by atomic mass is 35.5. The summed E-state index contributed by atoms with van der Waals surface area (Å²) in [6.45, 7) is 2.17. The number of halogens is 1. The van der Waals surface area contributed by atoms with E-state index in [9.17, 15) is 5.11 Å². The van der Waals surface area contributed by atoms with Crippen molar-refractivity contribution in [2.45, 2.75) is 6.04 Å². The molecule has 1 aliphatic heterocycles. The average Bonchev–Trinajstić information content (AvgIpc) is 2.29. The Morgan fingerprint density at radius 1 is 1.53 bits per heavy atom. The molecule has 0 saturated carbocycles. The molecule has 1 fully saturated rings.